The highest BCUT2D eigenvalue weighted by Gasteiger charge is 2.09. The molecule has 0 aliphatic heterocycles. The van der Waals surface area contributed by atoms with Gasteiger partial charge in [0, 0.05) is 0 Å². The molecule has 4 nitrogen and oxygen atoms in total. The second-order valence-electron chi connectivity index (χ2n) is 3.73. The summed E-state index contributed by atoms with van der Waals surface area (Å²) in [6, 6.07) is 14.1. The highest BCUT2D eigenvalue weighted by atomic mass is 127. The molecule has 0 spiro atoms. The van der Waals surface area contributed by atoms with E-state index in [1.807, 2.05) is 12.1 Å². The van der Waals surface area contributed by atoms with E-state index in [0.29, 0.717) is 28.3 Å². The Balaban J connectivity index is 2.33. The number of nitrogens with zero attached hydrogens (tertiary/aromatic N) is 2. The summed E-state index contributed by atoms with van der Waals surface area (Å²) in [5, 5.41) is 17.6. The average Bonchev–Trinajstić information content (AvgIpc) is 2.43. The molecular formula is C14H8IN3O. The van der Waals surface area contributed by atoms with Crippen LogP contribution >= 0.6 is 22.6 Å². The van der Waals surface area contributed by atoms with E-state index in [1.54, 1.807) is 36.4 Å². The SMILES string of the molecule is N#Cc1ccc(Oc2c(N)cc(C#N)cc2I)cc1. The molecule has 2 aromatic rings. The Morgan fingerprint density at radius 2 is 1.63 bits per heavy atom. The van der Waals surface area contributed by atoms with Gasteiger partial charge in [-0.3, -0.25) is 0 Å². The van der Waals surface area contributed by atoms with E-state index in [0.717, 1.165) is 3.57 Å². The Labute approximate surface area is 124 Å². The van der Waals surface area contributed by atoms with Crippen molar-refractivity contribution in [2.75, 3.05) is 5.73 Å². The van der Waals surface area contributed by atoms with Crippen LogP contribution in [0.5, 0.6) is 11.5 Å². The van der Waals surface area contributed by atoms with Gasteiger partial charge in [-0.25, -0.2) is 0 Å². The van der Waals surface area contributed by atoms with Gasteiger partial charge in [0.1, 0.15) is 5.75 Å². The molecule has 19 heavy (non-hydrogen) atoms. The molecule has 0 fully saturated rings. The van der Waals surface area contributed by atoms with Gasteiger partial charge in [-0.05, 0) is 59.0 Å². The molecule has 0 aliphatic carbocycles. The molecular weight excluding hydrogens is 353 g/mol. The molecule has 2 N–H and O–H groups in total. The fourth-order valence-corrected chi connectivity index (χ4v) is 2.26. The Kier molecular flexibility index (Phi) is 3.88. The number of nitriles is 2. The number of halogens is 1. The summed E-state index contributed by atoms with van der Waals surface area (Å²) in [5.74, 6) is 1.11. The lowest BCUT2D eigenvalue weighted by atomic mass is 10.2. The van der Waals surface area contributed by atoms with Gasteiger partial charge in [0.25, 0.3) is 0 Å². The normalized spacial score (nSPS) is 9.42. The molecule has 0 atom stereocenters. The molecule has 0 aromatic heterocycles. The Morgan fingerprint density at radius 1 is 1.00 bits per heavy atom. The molecule has 0 unspecified atom stereocenters. The molecule has 0 saturated carbocycles. The van der Waals surface area contributed by atoms with Gasteiger partial charge in [-0.1, -0.05) is 0 Å². The van der Waals surface area contributed by atoms with Crippen molar-refractivity contribution in [3.05, 3.63) is 51.1 Å². The van der Waals surface area contributed by atoms with Gasteiger partial charge < -0.3 is 10.5 Å². The first kappa shape index (κ1) is 13.2. The van der Waals surface area contributed by atoms with E-state index in [1.165, 1.54) is 0 Å². The summed E-state index contributed by atoms with van der Waals surface area (Å²) >= 11 is 2.07. The van der Waals surface area contributed by atoms with Gasteiger partial charge in [0.05, 0.1) is 32.5 Å². The second kappa shape index (κ2) is 5.59. The third-order valence-electron chi connectivity index (χ3n) is 2.40. The number of hydrogen-bond donors (Lipinski definition) is 1. The van der Waals surface area contributed by atoms with E-state index >= 15 is 0 Å². The maximum absolute atomic E-state index is 8.84. The third kappa shape index (κ3) is 2.95. The fourth-order valence-electron chi connectivity index (χ4n) is 1.50. The monoisotopic (exact) mass is 361 g/mol. The van der Waals surface area contributed by atoms with E-state index in [4.69, 9.17) is 21.0 Å². The average molecular weight is 361 g/mol. The Morgan fingerprint density at radius 3 is 2.16 bits per heavy atom. The van der Waals surface area contributed by atoms with Crippen molar-refractivity contribution in [2.24, 2.45) is 0 Å². The van der Waals surface area contributed by atoms with Crippen LogP contribution in [-0.4, -0.2) is 0 Å². The number of hydrogen-bond acceptors (Lipinski definition) is 4. The number of ether oxygens (including phenoxy) is 1. The summed E-state index contributed by atoms with van der Waals surface area (Å²) < 4.78 is 6.45. The number of benzene rings is 2. The highest BCUT2D eigenvalue weighted by Crippen LogP contribution is 2.33. The van der Waals surface area contributed by atoms with E-state index in [-0.39, 0.29) is 0 Å². The molecule has 0 aliphatic rings. The van der Waals surface area contributed by atoms with Crippen molar-refractivity contribution < 1.29 is 4.74 Å². The zero-order chi connectivity index (χ0) is 13.8. The van der Waals surface area contributed by atoms with Crippen LogP contribution in [0.1, 0.15) is 11.1 Å². The summed E-state index contributed by atoms with van der Waals surface area (Å²) in [4.78, 5) is 0. The van der Waals surface area contributed by atoms with Crippen molar-refractivity contribution in [1.82, 2.24) is 0 Å². The van der Waals surface area contributed by atoms with Gasteiger partial charge >= 0.3 is 0 Å². The van der Waals surface area contributed by atoms with Gasteiger partial charge in [0.2, 0.25) is 0 Å². The molecule has 92 valence electrons. The largest absolute Gasteiger partial charge is 0.454 e. The molecule has 2 aromatic carbocycles. The van der Waals surface area contributed by atoms with Crippen molar-refractivity contribution >= 4 is 28.3 Å². The molecule has 2 rings (SSSR count). The minimum absolute atomic E-state index is 0.410. The summed E-state index contributed by atoms with van der Waals surface area (Å²) in [6.45, 7) is 0. The molecule has 0 amide bonds. The summed E-state index contributed by atoms with van der Waals surface area (Å²) in [6.07, 6.45) is 0. The number of nitrogens with two attached hydrogens (primary N) is 1. The van der Waals surface area contributed by atoms with Gasteiger partial charge in [-0.15, -0.1) is 0 Å². The summed E-state index contributed by atoms with van der Waals surface area (Å²) in [5.41, 5.74) is 7.34. The minimum atomic E-state index is 0.410. The topological polar surface area (TPSA) is 82.8 Å². The number of rotatable bonds is 2. The van der Waals surface area contributed by atoms with Crippen molar-refractivity contribution in [3.63, 3.8) is 0 Å². The maximum atomic E-state index is 8.84. The van der Waals surface area contributed by atoms with Crippen LogP contribution in [-0.2, 0) is 0 Å². The van der Waals surface area contributed by atoms with E-state index in [9.17, 15) is 0 Å². The maximum Gasteiger partial charge on any atom is 0.163 e. The smallest absolute Gasteiger partial charge is 0.163 e. The third-order valence-corrected chi connectivity index (χ3v) is 3.21. The van der Waals surface area contributed by atoms with Crippen molar-refractivity contribution in [3.8, 4) is 23.6 Å². The van der Waals surface area contributed by atoms with Gasteiger partial charge in [-0.2, -0.15) is 10.5 Å². The lowest BCUT2D eigenvalue weighted by molar-refractivity contribution is 0.481. The lowest BCUT2D eigenvalue weighted by Gasteiger charge is -2.10. The fraction of sp³-hybridized carbons (Fsp3) is 0. The van der Waals surface area contributed by atoms with E-state index < -0.39 is 0 Å². The molecule has 0 heterocycles. The van der Waals surface area contributed by atoms with Crippen LogP contribution in [0.25, 0.3) is 0 Å². The highest BCUT2D eigenvalue weighted by molar-refractivity contribution is 14.1. The summed E-state index contributed by atoms with van der Waals surface area (Å²) in [7, 11) is 0. The van der Waals surface area contributed by atoms with Crippen molar-refractivity contribution in [1.29, 1.82) is 10.5 Å². The predicted molar refractivity (Wildman–Crippen MR) is 79.5 cm³/mol. The molecule has 5 heteroatoms. The first-order valence-corrected chi connectivity index (χ1v) is 6.39. The molecule has 0 saturated heterocycles. The van der Waals surface area contributed by atoms with Crippen LogP contribution < -0.4 is 10.5 Å². The van der Waals surface area contributed by atoms with Gasteiger partial charge in [0.15, 0.2) is 5.75 Å². The van der Waals surface area contributed by atoms with Crippen LogP contribution in [0, 0.1) is 26.2 Å². The lowest BCUT2D eigenvalue weighted by Crippen LogP contribution is -1.96. The first-order valence-electron chi connectivity index (χ1n) is 5.31. The van der Waals surface area contributed by atoms with Crippen LogP contribution in [0.2, 0.25) is 0 Å². The van der Waals surface area contributed by atoms with Crippen LogP contribution in [0.3, 0.4) is 0 Å². The number of anilines is 1. The Hall–Kier alpha value is -2.25. The molecule has 0 radical (unpaired) electrons. The van der Waals surface area contributed by atoms with Crippen LogP contribution in [0.4, 0.5) is 5.69 Å². The minimum Gasteiger partial charge on any atom is -0.454 e. The Bertz CT molecular complexity index is 673. The first-order chi connectivity index (χ1) is 9.13. The zero-order valence-corrected chi connectivity index (χ0v) is 11.9. The van der Waals surface area contributed by atoms with Crippen molar-refractivity contribution in [2.45, 2.75) is 0 Å². The standard InChI is InChI=1S/C14H8IN3O/c15-12-5-10(8-17)6-13(18)14(12)19-11-3-1-9(7-16)2-4-11/h1-6H,18H2. The predicted octanol–water partition coefficient (Wildman–Crippen LogP) is 3.41. The second-order valence-corrected chi connectivity index (χ2v) is 4.89. The quantitative estimate of drug-likeness (QED) is 0.657. The zero-order valence-electron chi connectivity index (χ0n) is 9.72. The number of nitrogen functional groups attached to an aromatic ring is 1. The molecule has 0 bridgehead atoms. The van der Waals surface area contributed by atoms with Crippen LogP contribution in [0.15, 0.2) is 36.4 Å². The van der Waals surface area contributed by atoms with E-state index in [2.05, 4.69) is 22.6 Å².